The molecule has 0 unspecified atom stereocenters. The maximum Gasteiger partial charge on any atom is 0.219 e. The highest BCUT2D eigenvalue weighted by molar-refractivity contribution is 4.93. The van der Waals surface area contributed by atoms with E-state index in [1.54, 1.807) is 14.0 Å². The zero-order chi connectivity index (χ0) is 6.15. The summed E-state index contributed by atoms with van der Waals surface area (Å²) < 4.78 is 13.3. The van der Waals surface area contributed by atoms with Gasteiger partial charge in [-0.3, -0.25) is 0 Å². The van der Waals surface area contributed by atoms with Crippen LogP contribution in [-0.4, -0.2) is 9.78 Å². The molecule has 0 aliphatic carbocycles. The highest BCUT2D eigenvalue weighted by Gasteiger charge is 1.97. The topological polar surface area (TPSA) is 17.8 Å². The van der Waals surface area contributed by atoms with Crippen LogP contribution in [0.15, 0.2) is 0 Å². The van der Waals surface area contributed by atoms with Gasteiger partial charge in [-0.1, -0.05) is 0 Å². The lowest BCUT2D eigenvalue weighted by Crippen LogP contribution is -1.92. The van der Waals surface area contributed by atoms with E-state index in [9.17, 15) is 4.39 Å². The van der Waals surface area contributed by atoms with E-state index >= 15 is 0 Å². The molecule has 0 aromatic carbocycles. The van der Waals surface area contributed by atoms with Crippen LogP contribution in [0.3, 0.4) is 0 Å². The fourth-order valence-corrected chi connectivity index (χ4v) is 0.524. The van der Waals surface area contributed by atoms with Crippen LogP contribution >= 0.6 is 0 Å². The fraction of sp³-hybridized carbons (Fsp3) is 0.400. The SMILES string of the molecule is Cc1[c]c(F)n(C)n1. The average molecular weight is 113 g/mol. The molecule has 3 heteroatoms. The molecule has 0 aliphatic rings. The lowest BCUT2D eigenvalue weighted by atomic mass is 10.5. The van der Waals surface area contributed by atoms with E-state index in [2.05, 4.69) is 11.2 Å². The van der Waals surface area contributed by atoms with Gasteiger partial charge in [0.1, 0.15) is 0 Å². The second kappa shape index (κ2) is 1.58. The first-order chi connectivity index (χ1) is 3.70. The number of nitrogens with zero attached hydrogens (tertiary/aromatic N) is 2. The van der Waals surface area contributed by atoms with Gasteiger partial charge in [-0.25, -0.2) is 4.68 Å². The molecule has 1 aromatic rings. The Hall–Kier alpha value is -0.860. The summed E-state index contributed by atoms with van der Waals surface area (Å²) in [5.41, 5.74) is 0.588. The van der Waals surface area contributed by atoms with Crippen molar-refractivity contribution >= 4 is 0 Å². The van der Waals surface area contributed by atoms with Crippen molar-refractivity contribution < 1.29 is 4.39 Å². The Balaban J connectivity index is 3.14. The molecule has 43 valence electrons. The first-order valence-corrected chi connectivity index (χ1v) is 2.28. The van der Waals surface area contributed by atoms with Gasteiger partial charge < -0.3 is 0 Å². The molecule has 1 radical (unpaired) electrons. The summed E-state index contributed by atoms with van der Waals surface area (Å²) in [6, 6.07) is 2.39. The van der Waals surface area contributed by atoms with Gasteiger partial charge in [-0.2, -0.15) is 9.49 Å². The molecule has 1 rings (SSSR count). The van der Waals surface area contributed by atoms with E-state index in [1.807, 2.05) is 0 Å². The molecule has 0 atom stereocenters. The second-order valence-corrected chi connectivity index (χ2v) is 1.62. The van der Waals surface area contributed by atoms with Gasteiger partial charge >= 0.3 is 0 Å². The summed E-state index contributed by atoms with van der Waals surface area (Å²) in [6.45, 7) is 1.70. The maximum absolute atomic E-state index is 12.2. The number of rotatable bonds is 0. The molecule has 8 heavy (non-hydrogen) atoms. The largest absolute Gasteiger partial charge is 0.242 e. The third kappa shape index (κ3) is 0.710. The third-order valence-electron chi connectivity index (χ3n) is 0.868. The molecule has 0 aliphatic heterocycles. The normalized spacial score (nSPS) is 9.88. The summed E-state index contributed by atoms with van der Waals surface area (Å²) >= 11 is 0. The van der Waals surface area contributed by atoms with E-state index in [4.69, 9.17) is 0 Å². The molecule has 0 spiro atoms. The first-order valence-electron chi connectivity index (χ1n) is 2.28. The molecule has 0 saturated heterocycles. The minimum Gasteiger partial charge on any atom is -0.242 e. The predicted octanol–water partition coefficient (Wildman–Crippen LogP) is 0.668. The van der Waals surface area contributed by atoms with Crippen LogP contribution in [0, 0.1) is 18.9 Å². The van der Waals surface area contributed by atoms with E-state index in [1.165, 1.54) is 0 Å². The van der Waals surface area contributed by atoms with Crippen molar-refractivity contribution in [1.29, 1.82) is 0 Å². The Morgan fingerprint density at radius 3 is 2.50 bits per heavy atom. The van der Waals surface area contributed by atoms with Crippen LogP contribution in [0.4, 0.5) is 4.39 Å². The molecule has 0 N–H and O–H groups in total. The van der Waals surface area contributed by atoms with E-state index in [-0.39, 0.29) is 0 Å². The fourth-order valence-electron chi connectivity index (χ4n) is 0.524. The summed E-state index contributed by atoms with van der Waals surface area (Å²) in [7, 11) is 1.54. The molecule has 0 saturated carbocycles. The third-order valence-corrected chi connectivity index (χ3v) is 0.868. The summed E-state index contributed by atoms with van der Waals surface area (Å²) in [6.07, 6.45) is 0. The number of hydrogen-bond donors (Lipinski definition) is 0. The maximum atomic E-state index is 12.2. The van der Waals surface area contributed by atoms with Crippen LogP contribution < -0.4 is 0 Å². The smallest absolute Gasteiger partial charge is 0.219 e. The number of aryl methyl sites for hydroxylation is 2. The Bertz CT molecular complexity index is 173. The molecule has 0 bridgehead atoms. The second-order valence-electron chi connectivity index (χ2n) is 1.62. The Morgan fingerprint density at radius 1 is 1.75 bits per heavy atom. The first kappa shape index (κ1) is 5.28. The number of halogens is 1. The molecular weight excluding hydrogens is 107 g/mol. The molecule has 0 amide bonds. The zero-order valence-electron chi connectivity index (χ0n) is 4.77. The van der Waals surface area contributed by atoms with Crippen molar-refractivity contribution in [2.24, 2.45) is 7.05 Å². The van der Waals surface area contributed by atoms with Crippen LogP contribution in [0.1, 0.15) is 5.69 Å². The van der Waals surface area contributed by atoms with Gasteiger partial charge in [0, 0.05) is 7.05 Å². The van der Waals surface area contributed by atoms with Gasteiger partial charge in [0.2, 0.25) is 5.95 Å². The Kier molecular flexibility index (Phi) is 1.04. The highest BCUT2D eigenvalue weighted by atomic mass is 19.1. The van der Waals surface area contributed by atoms with Crippen molar-refractivity contribution in [1.82, 2.24) is 9.78 Å². The summed E-state index contributed by atoms with van der Waals surface area (Å²) in [4.78, 5) is 0. The van der Waals surface area contributed by atoms with Crippen LogP contribution in [0.25, 0.3) is 0 Å². The lowest BCUT2D eigenvalue weighted by molar-refractivity contribution is 0.502. The molecule has 0 fully saturated rings. The minimum absolute atomic E-state index is 0.414. The van der Waals surface area contributed by atoms with Crippen molar-refractivity contribution in [2.75, 3.05) is 0 Å². The van der Waals surface area contributed by atoms with Gasteiger partial charge in [0.15, 0.2) is 0 Å². The predicted molar refractivity (Wildman–Crippen MR) is 26.7 cm³/mol. The van der Waals surface area contributed by atoms with Gasteiger partial charge in [-0.05, 0) is 6.92 Å². The van der Waals surface area contributed by atoms with Gasteiger partial charge in [0.25, 0.3) is 0 Å². The molecular formula is C5H6FN2. The monoisotopic (exact) mass is 113 g/mol. The summed E-state index contributed by atoms with van der Waals surface area (Å²) in [5.74, 6) is -0.414. The standard InChI is InChI=1S/C5H6FN2/c1-4-3-5(6)8(2)7-4/h1-2H3. The lowest BCUT2D eigenvalue weighted by Gasteiger charge is -1.83. The Morgan fingerprint density at radius 2 is 2.38 bits per heavy atom. The minimum atomic E-state index is -0.414. The van der Waals surface area contributed by atoms with E-state index < -0.39 is 5.95 Å². The molecule has 1 aromatic heterocycles. The average Bonchev–Trinajstić information content (AvgIpc) is 1.85. The van der Waals surface area contributed by atoms with Crippen molar-refractivity contribution in [2.45, 2.75) is 6.92 Å². The van der Waals surface area contributed by atoms with E-state index in [0.717, 1.165) is 4.68 Å². The molecule has 1 heterocycles. The van der Waals surface area contributed by atoms with Crippen molar-refractivity contribution in [3.05, 3.63) is 17.7 Å². The zero-order valence-corrected chi connectivity index (χ0v) is 4.77. The summed E-state index contributed by atoms with van der Waals surface area (Å²) in [5, 5.41) is 3.70. The van der Waals surface area contributed by atoms with Crippen LogP contribution in [0.2, 0.25) is 0 Å². The van der Waals surface area contributed by atoms with Gasteiger partial charge in [-0.15, -0.1) is 0 Å². The quantitative estimate of drug-likeness (QED) is 0.483. The van der Waals surface area contributed by atoms with Gasteiger partial charge in [0.05, 0.1) is 11.8 Å². The number of aromatic nitrogens is 2. The number of hydrogen-bond acceptors (Lipinski definition) is 1. The van der Waals surface area contributed by atoms with Crippen LogP contribution in [-0.2, 0) is 7.05 Å². The van der Waals surface area contributed by atoms with E-state index in [0.29, 0.717) is 5.69 Å². The molecule has 2 nitrogen and oxygen atoms in total. The van der Waals surface area contributed by atoms with Crippen molar-refractivity contribution in [3.63, 3.8) is 0 Å². The van der Waals surface area contributed by atoms with Crippen LogP contribution in [0.5, 0.6) is 0 Å². The van der Waals surface area contributed by atoms with Crippen molar-refractivity contribution in [3.8, 4) is 0 Å². The Labute approximate surface area is 46.9 Å². The highest BCUT2D eigenvalue weighted by Crippen LogP contribution is 1.95.